The van der Waals surface area contributed by atoms with Crippen LogP contribution in [0.5, 0.6) is 0 Å². The van der Waals surface area contributed by atoms with Gasteiger partial charge in [-0.15, -0.1) is 0 Å². The van der Waals surface area contributed by atoms with Crippen molar-refractivity contribution in [3.05, 3.63) is 0 Å². The predicted molar refractivity (Wildman–Crippen MR) is 152 cm³/mol. The molecular weight excluding hydrogens is 440 g/mol. The van der Waals surface area contributed by atoms with Crippen molar-refractivity contribution in [2.75, 3.05) is 5.75 Å². The number of rotatable bonds is 28. The van der Waals surface area contributed by atoms with Crippen LogP contribution in [0.2, 0.25) is 0 Å². The minimum atomic E-state index is -1.21. The number of hydrogen-bond acceptors (Lipinski definition) is 3. The van der Waals surface area contributed by atoms with E-state index in [0.29, 0.717) is 6.42 Å². The van der Waals surface area contributed by atoms with Crippen molar-refractivity contribution >= 4 is 17.7 Å². The van der Waals surface area contributed by atoms with Gasteiger partial charge in [-0.2, -0.15) is 11.8 Å². The van der Waals surface area contributed by atoms with Gasteiger partial charge in [0, 0.05) is 5.25 Å². The smallest absolute Gasteiger partial charge is 0.332 e. The molecule has 0 fully saturated rings. The maximum Gasteiger partial charge on any atom is 0.332 e. The maximum atomic E-state index is 11.1. The molecule has 3 nitrogen and oxygen atoms in total. The Balaban J connectivity index is 3.69. The Morgan fingerprint density at radius 2 is 0.941 bits per heavy atom. The van der Waals surface area contributed by atoms with E-state index in [1.807, 2.05) is 11.8 Å². The number of unbranched alkanes of at least 4 members (excludes halogenated alkanes) is 20. The van der Waals surface area contributed by atoms with Crippen molar-refractivity contribution in [2.45, 2.75) is 179 Å². The fraction of sp³-hybridized carbons (Fsp3) is 0.967. The molecule has 0 rings (SSSR count). The zero-order valence-electron chi connectivity index (χ0n) is 23.0. The lowest BCUT2D eigenvalue weighted by Crippen LogP contribution is -2.24. The molecule has 2 atom stereocenters. The van der Waals surface area contributed by atoms with E-state index in [4.69, 9.17) is 5.11 Å². The number of carboxylic acid groups (broad SMARTS) is 1. The van der Waals surface area contributed by atoms with Crippen LogP contribution in [-0.4, -0.2) is 33.3 Å². The summed E-state index contributed by atoms with van der Waals surface area (Å²) < 4.78 is 0. The van der Waals surface area contributed by atoms with Crippen molar-refractivity contribution in [2.24, 2.45) is 0 Å². The number of aliphatic hydroxyl groups excluding tert-OH is 1. The molecule has 0 bridgehead atoms. The van der Waals surface area contributed by atoms with Crippen LogP contribution in [0.3, 0.4) is 0 Å². The first-order valence-corrected chi connectivity index (χ1v) is 16.2. The van der Waals surface area contributed by atoms with Gasteiger partial charge in [0.05, 0.1) is 0 Å². The van der Waals surface area contributed by atoms with Gasteiger partial charge in [-0.05, 0) is 25.0 Å². The van der Waals surface area contributed by atoms with Gasteiger partial charge in [-0.3, -0.25) is 0 Å². The Hall–Kier alpha value is -0.220. The Morgan fingerprint density at radius 3 is 1.32 bits per heavy atom. The Labute approximate surface area is 217 Å². The Bertz CT molecular complexity index is 416. The minimum Gasteiger partial charge on any atom is -0.479 e. The number of aliphatic hydroxyl groups is 1. The zero-order chi connectivity index (χ0) is 25.1. The van der Waals surface area contributed by atoms with E-state index in [1.54, 1.807) is 0 Å². The lowest BCUT2D eigenvalue weighted by Gasteiger charge is -2.18. The molecule has 0 aromatic carbocycles. The maximum absolute atomic E-state index is 11.1. The fourth-order valence-electron chi connectivity index (χ4n) is 4.67. The van der Waals surface area contributed by atoms with Crippen molar-refractivity contribution in [1.82, 2.24) is 0 Å². The van der Waals surface area contributed by atoms with Gasteiger partial charge in [0.25, 0.3) is 0 Å². The third-order valence-corrected chi connectivity index (χ3v) is 8.43. The first kappa shape index (κ1) is 33.8. The van der Waals surface area contributed by atoms with Crippen molar-refractivity contribution < 1.29 is 15.0 Å². The summed E-state index contributed by atoms with van der Waals surface area (Å²) in [5.41, 5.74) is 0. The van der Waals surface area contributed by atoms with E-state index in [-0.39, 0.29) is 5.25 Å². The van der Waals surface area contributed by atoms with Crippen LogP contribution in [-0.2, 0) is 4.79 Å². The van der Waals surface area contributed by atoms with Gasteiger partial charge in [0.2, 0.25) is 0 Å². The van der Waals surface area contributed by atoms with Gasteiger partial charge >= 0.3 is 5.97 Å². The predicted octanol–water partition coefficient (Wildman–Crippen LogP) is 9.94. The van der Waals surface area contributed by atoms with Crippen LogP contribution in [0.15, 0.2) is 0 Å². The molecule has 204 valence electrons. The first-order valence-electron chi connectivity index (χ1n) is 15.1. The molecule has 34 heavy (non-hydrogen) atoms. The summed E-state index contributed by atoms with van der Waals surface area (Å²) in [7, 11) is 0. The standard InChI is InChI=1S/C30H60O3S/c1-3-5-7-9-11-13-14-15-16-17-18-20-22-24-26-34-28(27-29(31)30(32)33)25-23-21-19-12-10-8-6-4-2/h28-29,31H,3-27H2,1-2H3,(H,32,33). The molecule has 0 spiro atoms. The van der Waals surface area contributed by atoms with Crippen molar-refractivity contribution in [3.63, 3.8) is 0 Å². The lowest BCUT2D eigenvalue weighted by molar-refractivity contribution is -0.146. The van der Waals surface area contributed by atoms with Crippen LogP contribution in [0.1, 0.15) is 168 Å². The van der Waals surface area contributed by atoms with Crippen LogP contribution in [0.4, 0.5) is 0 Å². The first-order chi connectivity index (χ1) is 16.6. The molecule has 2 N–H and O–H groups in total. The number of hydrogen-bond donors (Lipinski definition) is 2. The topological polar surface area (TPSA) is 57.5 Å². The second kappa shape index (κ2) is 27.4. The highest BCUT2D eigenvalue weighted by molar-refractivity contribution is 7.99. The molecule has 0 heterocycles. The fourth-order valence-corrected chi connectivity index (χ4v) is 6.03. The number of aliphatic carboxylic acids is 1. The number of thioether (sulfide) groups is 1. The number of carboxylic acids is 1. The molecule has 0 aliphatic rings. The van der Waals surface area contributed by atoms with Crippen molar-refractivity contribution in [1.29, 1.82) is 0 Å². The highest BCUT2D eigenvalue weighted by atomic mass is 32.2. The molecule has 0 saturated heterocycles. The van der Waals surface area contributed by atoms with Gasteiger partial charge < -0.3 is 10.2 Å². The van der Waals surface area contributed by atoms with Crippen LogP contribution < -0.4 is 0 Å². The zero-order valence-corrected chi connectivity index (χ0v) is 23.9. The Kier molecular flexibility index (Phi) is 27.2. The van der Waals surface area contributed by atoms with Gasteiger partial charge in [0.15, 0.2) is 6.10 Å². The molecular formula is C30H60O3S. The summed E-state index contributed by atoms with van der Waals surface area (Å²) >= 11 is 1.90. The second-order valence-electron chi connectivity index (χ2n) is 10.4. The minimum absolute atomic E-state index is 0.285. The van der Waals surface area contributed by atoms with E-state index in [0.717, 1.165) is 18.6 Å². The molecule has 0 saturated carbocycles. The number of carbonyl (C=O) groups is 1. The van der Waals surface area contributed by atoms with Crippen molar-refractivity contribution in [3.8, 4) is 0 Å². The van der Waals surface area contributed by atoms with E-state index < -0.39 is 12.1 Å². The average molecular weight is 501 g/mol. The van der Waals surface area contributed by atoms with Gasteiger partial charge in [-0.1, -0.05) is 149 Å². The molecule has 0 radical (unpaired) electrons. The second-order valence-corrected chi connectivity index (χ2v) is 11.9. The van der Waals surface area contributed by atoms with E-state index >= 15 is 0 Å². The molecule has 2 unspecified atom stereocenters. The quantitative estimate of drug-likeness (QED) is 0.105. The van der Waals surface area contributed by atoms with E-state index in [9.17, 15) is 9.90 Å². The molecule has 0 amide bonds. The normalized spacial score (nSPS) is 13.3. The van der Waals surface area contributed by atoms with E-state index in [1.165, 1.54) is 135 Å². The molecule has 0 aliphatic carbocycles. The molecule has 0 aromatic rings. The van der Waals surface area contributed by atoms with E-state index in [2.05, 4.69) is 13.8 Å². The largest absolute Gasteiger partial charge is 0.479 e. The monoisotopic (exact) mass is 500 g/mol. The van der Waals surface area contributed by atoms with Crippen LogP contribution in [0.25, 0.3) is 0 Å². The third kappa shape index (κ3) is 24.9. The Morgan fingerprint density at radius 1 is 0.588 bits per heavy atom. The third-order valence-electron chi connectivity index (χ3n) is 7.00. The van der Waals surface area contributed by atoms with Crippen LogP contribution >= 0.6 is 11.8 Å². The van der Waals surface area contributed by atoms with Gasteiger partial charge in [0.1, 0.15) is 0 Å². The molecule has 0 aromatic heterocycles. The SMILES string of the molecule is CCCCCCCCCCCCCCCCSC(CCCCCCCCCC)CC(O)C(=O)O. The summed E-state index contributed by atoms with van der Waals surface area (Å²) in [5, 5.41) is 19.2. The lowest BCUT2D eigenvalue weighted by atomic mass is 10.0. The van der Waals surface area contributed by atoms with Gasteiger partial charge in [-0.25, -0.2) is 4.79 Å². The summed E-state index contributed by atoms with van der Waals surface area (Å²) in [6, 6.07) is 0. The average Bonchev–Trinajstić information content (AvgIpc) is 2.82. The summed E-state index contributed by atoms with van der Waals surface area (Å²) in [5.74, 6) is 0.0319. The summed E-state index contributed by atoms with van der Waals surface area (Å²) in [4.78, 5) is 11.1. The molecule has 4 heteroatoms. The van der Waals surface area contributed by atoms with Crippen LogP contribution in [0, 0.1) is 0 Å². The highest BCUT2D eigenvalue weighted by Gasteiger charge is 2.20. The highest BCUT2D eigenvalue weighted by Crippen LogP contribution is 2.25. The summed E-state index contributed by atoms with van der Waals surface area (Å²) in [6.45, 7) is 4.53. The summed E-state index contributed by atoms with van der Waals surface area (Å²) in [6.07, 6.45) is 29.9. The molecule has 0 aliphatic heterocycles.